The van der Waals surface area contributed by atoms with Gasteiger partial charge in [-0.1, -0.05) is 19.1 Å². The fraction of sp³-hybridized carbons (Fsp3) is 0.500. The summed E-state index contributed by atoms with van der Waals surface area (Å²) in [5, 5.41) is 0. The molecule has 4 heteroatoms. The van der Waals surface area contributed by atoms with E-state index in [9.17, 15) is 13.2 Å². The topological polar surface area (TPSA) is 51.2 Å². The molecule has 0 radical (unpaired) electrons. The van der Waals surface area contributed by atoms with Crippen LogP contribution in [0.15, 0.2) is 29.2 Å². The quantitative estimate of drug-likeness (QED) is 0.794. The van der Waals surface area contributed by atoms with Gasteiger partial charge in [0.05, 0.1) is 10.6 Å². The molecule has 1 aliphatic carbocycles. The van der Waals surface area contributed by atoms with Crippen molar-refractivity contribution in [3.05, 3.63) is 29.8 Å². The Labute approximate surface area is 108 Å². The number of carbonyl (C=O) groups excluding carboxylic acids is 1. The molecule has 0 bridgehead atoms. The van der Waals surface area contributed by atoms with Crippen LogP contribution in [-0.2, 0) is 21.1 Å². The molecule has 0 aromatic heterocycles. The minimum Gasteiger partial charge on any atom is -0.299 e. The summed E-state index contributed by atoms with van der Waals surface area (Å²) in [5.74, 6) is 0.709. The van der Waals surface area contributed by atoms with Crippen molar-refractivity contribution in [2.45, 2.75) is 37.5 Å². The van der Waals surface area contributed by atoms with E-state index in [0.717, 1.165) is 18.4 Å². The monoisotopic (exact) mass is 266 g/mol. The molecule has 1 aromatic carbocycles. The van der Waals surface area contributed by atoms with Crippen LogP contribution in [-0.4, -0.2) is 20.0 Å². The van der Waals surface area contributed by atoms with Gasteiger partial charge in [-0.3, -0.25) is 4.79 Å². The van der Waals surface area contributed by atoms with E-state index < -0.39 is 9.84 Å². The second kappa shape index (κ2) is 5.22. The fourth-order valence-electron chi connectivity index (χ4n) is 1.95. The Morgan fingerprint density at radius 2 is 1.83 bits per heavy atom. The zero-order valence-electron chi connectivity index (χ0n) is 10.6. The van der Waals surface area contributed by atoms with Gasteiger partial charge in [0, 0.05) is 12.3 Å². The average Bonchev–Trinajstić information content (AvgIpc) is 3.13. The minimum absolute atomic E-state index is 0.174. The maximum Gasteiger partial charge on any atom is 0.178 e. The molecule has 18 heavy (non-hydrogen) atoms. The highest BCUT2D eigenvalue weighted by molar-refractivity contribution is 7.91. The lowest BCUT2D eigenvalue weighted by Gasteiger charge is -2.04. The zero-order valence-corrected chi connectivity index (χ0v) is 11.4. The van der Waals surface area contributed by atoms with Crippen LogP contribution in [0.1, 0.15) is 31.7 Å². The molecular weight excluding hydrogens is 248 g/mol. The summed E-state index contributed by atoms with van der Waals surface area (Å²) in [7, 11) is -3.14. The molecule has 0 spiro atoms. The van der Waals surface area contributed by atoms with Crippen LogP contribution in [0, 0.1) is 5.92 Å². The number of rotatable bonds is 6. The molecule has 2 rings (SSSR count). The van der Waals surface area contributed by atoms with Crippen molar-refractivity contribution in [3.8, 4) is 0 Å². The van der Waals surface area contributed by atoms with Crippen LogP contribution < -0.4 is 0 Å². The molecule has 0 heterocycles. The first-order valence-electron chi connectivity index (χ1n) is 6.37. The molecular formula is C14H18O3S. The molecule has 1 saturated carbocycles. The summed E-state index contributed by atoms with van der Waals surface area (Å²) in [6, 6.07) is 6.73. The molecule has 1 aliphatic rings. The smallest absolute Gasteiger partial charge is 0.178 e. The number of benzene rings is 1. The number of hydrogen-bond acceptors (Lipinski definition) is 3. The SMILES string of the molecule is CCCS(=O)(=O)c1ccc(CC(=O)C2CC2)cc1. The molecule has 0 saturated heterocycles. The lowest BCUT2D eigenvalue weighted by molar-refractivity contribution is -0.119. The fourth-order valence-corrected chi connectivity index (χ4v) is 3.28. The summed E-state index contributed by atoms with van der Waals surface area (Å²) in [6.45, 7) is 1.85. The predicted octanol–water partition coefficient (Wildman–Crippen LogP) is 2.39. The van der Waals surface area contributed by atoms with E-state index in [0.29, 0.717) is 17.7 Å². The van der Waals surface area contributed by atoms with Crippen LogP contribution in [0.4, 0.5) is 0 Å². The molecule has 0 aliphatic heterocycles. The van der Waals surface area contributed by atoms with Crippen molar-refractivity contribution >= 4 is 15.6 Å². The van der Waals surface area contributed by atoms with Crippen LogP contribution >= 0.6 is 0 Å². The normalized spacial score (nSPS) is 15.6. The van der Waals surface area contributed by atoms with Crippen LogP contribution in [0.2, 0.25) is 0 Å². The number of hydrogen-bond donors (Lipinski definition) is 0. The molecule has 1 aromatic rings. The lowest BCUT2D eigenvalue weighted by Crippen LogP contribution is -2.07. The lowest BCUT2D eigenvalue weighted by atomic mass is 10.1. The van der Waals surface area contributed by atoms with Gasteiger partial charge < -0.3 is 0 Å². The number of carbonyl (C=O) groups is 1. The van der Waals surface area contributed by atoms with Crippen molar-refractivity contribution in [2.24, 2.45) is 5.92 Å². The van der Waals surface area contributed by atoms with E-state index in [1.165, 1.54) is 0 Å². The Balaban J connectivity index is 2.07. The van der Waals surface area contributed by atoms with Crippen molar-refractivity contribution in [1.29, 1.82) is 0 Å². The maximum absolute atomic E-state index is 11.8. The van der Waals surface area contributed by atoms with Gasteiger partial charge in [-0.25, -0.2) is 8.42 Å². The Morgan fingerprint density at radius 3 is 2.33 bits per heavy atom. The van der Waals surface area contributed by atoms with Crippen LogP contribution in [0.5, 0.6) is 0 Å². The molecule has 0 amide bonds. The van der Waals surface area contributed by atoms with Crippen molar-refractivity contribution < 1.29 is 13.2 Å². The van der Waals surface area contributed by atoms with Gasteiger partial charge in [0.2, 0.25) is 0 Å². The Kier molecular flexibility index (Phi) is 3.85. The summed E-state index contributed by atoms with van der Waals surface area (Å²) >= 11 is 0. The second-order valence-electron chi connectivity index (χ2n) is 4.88. The summed E-state index contributed by atoms with van der Waals surface area (Å²) in [4.78, 5) is 12.0. The summed E-state index contributed by atoms with van der Waals surface area (Å²) < 4.78 is 23.6. The predicted molar refractivity (Wildman–Crippen MR) is 70.2 cm³/mol. The standard InChI is InChI=1S/C14H18O3S/c1-2-9-18(16,17)13-7-3-11(4-8-13)10-14(15)12-5-6-12/h3-4,7-8,12H,2,5-6,9-10H2,1H3. The van der Waals surface area contributed by atoms with Crippen molar-refractivity contribution in [1.82, 2.24) is 0 Å². The molecule has 0 unspecified atom stereocenters. The number of sulfone groups is 1. The van der Waals surface area contributed by atoms with E-state index in [1.54, 1.807) is 24.3 Å². The molecule has 1 fully saturated rings. The molecule has 0 atom stereocenters. The highest BCUT2D eigenvalue weighted by Gasteiger charge is 2.29. The summed E-state index contributed by atoms with van der Waals surface area (Å²) in [6.07, 6.45) is 3.08. The average molecular weight is 266 g/mol. The van der Waals surface area contributed by atoms with Crippen LogP contribution in [0.3, 0.4) is 0 Å². The van der Waals surface area contributed by atoms with Crippen molar-refractivity contribution in [2.75, 3.05) is 5.75 Å². The number of Topliss-reactive ketones (excluding diaryl/α,β-unsaturated/α-hetero) is 1. The first-order chi connectivity index (χ1) is 8.53. The van der Waals surface area contributed by atoms with Gasteiger partial charge in [-0.2, -0.15) is 0 Å². The Bertz CT molecular complexity index is 525. The third-order valence-corrected chi connectivity index (χ3v) is 5.10. The highest BCUT2D eigenvalue weighted by atomic mass is 32.2. The van der Waals surface area contributed by atoms with Gasteiger partial charge in [-0.05, 0) is 37.0 Å². The van der Waals surface area contributed by atoms with E-state index in [1.807, 2.05) is 6.92 Å². The van der Waals surface area contributed by atoms with E-state index in [2.05, 4.69) is 0 Å². The van der Waals surface area contributed by atoms with Gasteiger partial charge in [0.25, 0.3) is 0 Å². The van der Waals surface area contributed by atoms with E-state index >= 15 is 0 Å². The van der Waals surface area contributed by atoms with Crippen molar-refractivity contribution in [3.63, 3.8) is 0 Å². The van der Waals surface area contributed by atoms with Gasteiger partial charge in [-0.15, -0.1) is 0 Å². The number of ketones is 1. The molecule has 98 valence electrons. The van der Waals surface area contributed by atoms with E-state index in [-0.39, 0.29) is 17.5 Å². The largest absolute Gasteiger partial charge is 0.299 e. The van der Waals surface area contributed by atoms with E-state index in [4.69, 9.17) is 0 Å². The third kappa shape index (κ3) is 3.19. The second-order valence-corrected chi connectivity index (χ2v) is 6.99. The van der Waals surface area contributed by atoms with Gasteiger partial charge in [0.1, 0.15) is 5.78 Å². The summed E-state index contributed by atoms with van der Waals surface area (Å²) in [5.41, 5.74) is 0.905. The maximum atomic E-state index is 11.8. The zero-order chi connectivity index (χ0) is 13.2. The van der Waals surface area contributed by atoms with Gasteiger partial charge in [0.15, 0.2) is 9.84 Å². The first kappa shape index (κ1) is 13.3. The Morgan fingerprint density at radius 1 is 1.22 bits per heavy atom. The van der Waals surface area contributed by atoms with Gasteiger partial charge >= 0.3 is 0 Å². The molecule has 0 N–H and O–H groups in total. The minimum atomic E-state index is -3.14. The highest BCUT2D eigenvalue weighted by Crippen LogP contribution is 2.31. The first-order valence-corrected chi connectivity index (χ1v) is 8.02. The third-order valence-electron chi connectivity index (χ3n) is 3.17. The van der Waals surface area contributed by atoms with Crippen LogP contribution in [0.25, 0.3) is 0 Å². The Hall–Kier alpha value is -1.16. The molecule has 3 nitrogen and oxygen atoms in total.